The molecular weight excluding hydrogens is 292 g/mol. The van der Waals surface area contributed by atoms with Gasteiger partial charge in [0, 0.05) is 28.5 Å². The molecule has 1 aliphatic carbocycles. The number of nitrogens with one attached hydrogen (secondary N) is 2. The lowest BCUT2D eigenvalue weighted by atomic mass is 9.84. The summed E-state index contributed by atoms with van der Waals surface area (Å²) in [5, 5.41) is 6.84. The highest BCUT2D eigenvalue weighted by molar-refractivity contribution is 8.00. The molecule has 1 aliphatic rings. The van der Waals surface area contributed by atoms with Gasteiger partial charge >= 0.3 is 0 Å². The van der Waals surface area contributed by atoms with E-state index in [9.17, 15) is 4.79 Å². The zero-order valence-corrected chi connectivity index (χ0v) is 13.5. The van der Waals surface area contributed by atoms with E-state index in [0.29, 0.717) is 10.6 Å². The predicted octanol–water partition coefficient (Wildman–Crippen LogP) is 3.79. The fourth-order valence-corrected chi connectivity index (χ4v) is 3.50. The Labute approximate surface area is 129 Å². The van der Waals surface area contributed by atoms with Crippen molar-refractivity contribution in [2.75, 3.05) is 24.7 Å². The Morgan fingerprint density at radius 3 is 2.75 bits per heavy atom. The highest BCUT2D eigenvalue weighted by Crippen LogP contribution is 2.42. The fourth-order valence-electron chi connectivity index (χ4n) is 2.41. The van der Waals surface area contributed by atoms with Gasteiger partial charge in [0.15, 0.2) is 0 Å². The van der Waals surface area contributed by atoms with E-state index in [-0.39, 0.29) is 10.7 Å². The van der Waals surface area contributed by atoms with Crippen molar-refractivity contribution in [1.29, 1.82) is 0 Å². The largest absolute Gasteiger partial charge is 0.385 e. The van der Waals surface area contributed by atoms with Crippen LogP contribution in [0.5, 0.6) is 0 Å². The summed E-state index contributed by atoms with van der Waals surface area (Å²) in [6.45, 7) is 3.51. The van der Waals surface area contributed by atoms with E-state index >= 15 is 0 Å². The van der Waals surface area contributed by atoms with Crippen LogP contribution in [0.25, 0.3) is 0 Å². The molecule has 1 saturated carbocycles. The number of benzene rings is 1. The quantitative estimate of drug-likeness (QED) is 0.839. The van der Waals surface area contributed by atoms with Gasteiger partial charge in [0.1, 0.15) is 0 Å². The van der Waals surface area contributed by atoms with Gasteiger partial charge < -0.3 is 10.6 Å². The van der Waals surface area contributed by atoms with Crippen LogP contribution in [-0.2, 0) is 0 Å². The summed E-state index contributed by atoms with van der Waals surface area (Å²) in [6.07, 6.45) is 5.75. The third kappa shape index (κ3) is 3.41. The van der Waals surface area contributed by atoms with Crippen LogP contribution < -0.4 is 10.6 Å². The van der Waals surface area contributed by atoms with E-state index in [4.69, 9.17) is 11.6 Å². The van der Waals surface area contributed by atoms with E-state index in [0.717, 1.165) is 18.8 Å². The minimum absolute atomic E-state index is 0.0521. The van der Waals surface area contributed by atoms with Crippen molar-refractivity contribution in [3.05, 3.63) is 28.8 Å². The normalized spacial score (nSPS) is 16.4. The van der Waals surface area contributed by atoms with Crippen LogP contribution in [0.15, 0.2) is 18.2 Å². The number of halogens is 1. The maximum Gasteiger partial charge on any atom is 0.253 e. The molecule has 0 atom stereocenters. The van der Waals surface area contributed by atoms with Gasteiger partial charge in [-0.2, -0.15) is 11.8 Å². The Balaban J connectivity index is 2.06. The Kier molecular flexibility index (Phi) is 5.22. The number of rotatable bonds is 6. The molecule has 0 aromatic heterocycles. The molecule has 1 amide bonds. The van der Waals surface area contributed by atoms with E-state index < -0.39 is 0 Å². The summed E-state index contributed by atoms with van der Waals surface area (Å²) < 4.78 is 0.243. The Morgan fingerprint density at radius 2 is 2.20 bits per heavy atom. The summed E-state index contributed by atoms with van der Waals surface area (Å²) in [4.78, 5) is 12.4. The Morgan fingerprint density at radius 1 is 1.45 bits per heavy atom. The van der Waals surface area contributed by atoms with Gasteiger partial charge in [-0.05, 0) is 44.2 Å². The highest BCUT2D eigenvalue weighted by atomic mass is 35.5. The number of carbonyl (C=O) groups excluding carboxylic acids is 1. The fraction of sp³-hybridized carbons (Fsp3) is 0.533. The van der Waals surface area contributed by atoms with Crippen LogP contribution in [0, 0.1) is 0 Å². The molecular formula is C15H21ClN2OS. The molecule has 2 N–H and O–H groups in total. The van der Waals surface area contributed by atoms with E-state index in [1.54, 1.807) is 12.1 Å². The molecule has 1 aromatic rings. The molecule has 1 aromatic carbocycles. The average Bonchev–Trinajstić information content (AvgIpc) is 2.40. The number of carbonyl (C=O) groups is 1. The lowest BCUT2D eigenvalue weighted by Gasteiger charge is -2.40. The van der Waals surface area contributed by atoms with Crippen molar-refractivity contribution in [3.63, 3.8) is 0 Å². The maximum atomic E-state index is 12.4. The highest BCUT2D eigenvalue weighted by Gasteiger charge is 2.36. The minimum Gasteiger partial charge on any atom is -0.385 e. The molecule has 2 rings (SSSR count). The maximum absolute atomic E-state index is 12.4. The SMILES string of the molecule is CCNc1ccc(Cl)cc1C(=O)NCC1(SC)CCC1. The first kappa shape index (κ1) is 15.5. The predicted molar refractivity (Wildman–Crippen MR) is 88.0 cm³/mol. The van der Waals surface area contributed by atoms with Crippen LogP contribution in [0.3, 0.4) is 0 Å². The molecule has 20 heavy (non-hydrogen) atoms. The Bertz CT molecular complexity index is 483. The number of thioether (sulfide) groups is 1. The molecule has 0 radical (unpaired) electrons. The molecule has 0 aliphatic heterocycles. The summed E-state index contributed by atoms with van der Waals surface area (Å²) in [5.74, 6) is -0.0521. The van der Waals surface area contributed by atoms with Gasteiger partial charge in [-0.25, -0.2) is 0 Å². The first-order valence-electron chi connectivity index (χ1n) is 6.97. The summed E-state index contributed by atoms with van der Waals surface area (Å²) in [5.41, 5.74) is 1.45. The van der Waals surface area contributed by atoms with Crippen molar-refractivity contribution >= 4 is 35.0 Å². The molecule has 0 bridgehead atoms. The second-order valence-electron chi connectivity index (χ2n) is 5.14. The van der Waals surface area contributed by atoms with Gasteiger partial charge in [-0.15, -0.1) is 0 Å². The van der Waals surface area contributed by atoms with Crippen LogP contribution in [0.1, 0.15) is 36.5 Å². The van der Waals surface area contributed by atoms with Crippen molar-refractivity contribution in [2.45, 2.75) is 30.9 Å². The third-order valence-corrected chi connectivity index (χ3v) is 5.52. The average molecular weight is 313 g/mol. The first-order chi connectivity index (χ1) is 9.60. The second-order valence-corrected chi connectivity index (χ2v) is 6.85. The van der Waals surface area contributed by atoms with Crippen LogP contribution in [-0.4, -0.2) is 30.0 Å². The zero-order chi connectivity index (χ0) is 14.6. The standard InChI is InChI=1S/C15H21ClN2OS/c1-3-17-13-6-5-11(16)9-12(13)14(19)18-10-15(20-2)7-4-8-15/h5-6,9,17H,3-4,7-8,10H2,1-2H3,(H,18,19). The molecule has 3 nitrogen and oxygen atoms in total. The van der Waals surface area contributed by atoms with Gasteiger partial charge in [-0.3, -0.25) is 4.79 Å². The number of anilines is 1. The van der Waals surface area contributed by atoms with Crippen molar-refractivity contribution in [3.8, 4) is 0 Å². The third-order valence-electron chi connectivity index (χ3n) is 3.86. The smallest absolute Gasteiger partial charge is 0.253 e. The van der Waals surface area contributed by atoms with Gasteiger partial charge in [0.05, 0.1) is 5.56 Å². The minimum atomic E-state index is -0.0521. The lowest BCUT2D eigenvalue weighted by molar-refractivity contribution is 0.0944. The summed E-state index contributed by atoms with van der Waals surface area (Å²) in [7, 11) is 0. The van der Waals surface area contributed by atoms with Crippen LogP contribution in [0.2, 0.25) is 5.02 Å². The van der Waals surface area contributed by atoms with Crippen molar-refractivity contribution < 1.29 is 4.79 Å². The van der Waals surface area contributed by atoms with Crippen LogP contribution >= 0.6 is 23.4 Å². The summed E-state index contributed by atoms with van der Waals surface area (Å²) in [6, 6.07) is 5.38. The van der Waals surface area contributed by atoms with Gasteiger partial charge in [0.25, 0.3) is 5.91 Å². The van der Waals surface area contributed by atoms with Crippen molar-refractivity contribution in [2.24, 2.45) is 0 Å². The Hall–Kier alpha value is -0.870. The van der Waals surface area contributed by atoms with Crippen LogP contribution in [0.4, 0.5) is 5.69 Å². The van der Waals surface area contributed by atoms with Gasteiger partial charge in [0.2, 0.25) is 0 Å². The molecule has 0 unspecified atom stereocenters. The van der Waals surface area contributed by atoms with E-state index in [2.05, 4.69) is 16.9 Å². The number of hydrogen-bond donors (Lipinski definition) is 2. The number of hydrogen-bond acceptors (Lipinski definition) is 3. The molecule has 110 valence electrons. The van der Waals surface area contributed by atoms with Crippen molar-refractivity contribution in [1.82, 2.24) is 5.32 Å². The molecule has 0 heterocycles. The topological polar surface area (TPSA) is 41.1 Å². The molecule has 1 fully saturated rings. The number of amides is 1. The van der Waals surface area contributed by atoms with E-state index in [1.165, 1.54) is 19.3 Å². The second kappa shape index (κ2) is 6.72. The zero-order valence-electron chi connectivity index (χ0n) is 12.0. The monoisotopic (exact) mass is 312 g/mol. The molecule has 0 saturated heterocycles. The molecule has 0 spiro atoms. The lowest BCUT2D eigenvalue weighted by Crippen LogP contribution is -2.45. The van der Waals surface area contributed by atoms with E-state index in [1.807, 2.05) is 24.8 Å². The molecule has 5 heteroatoms. The first-order valence-corrected chi connectivity index (χ1v) is 8.57. The van der Waals surface area contributed by atoms with Gasteiger partial charge in [-0.1, -0.05) is 18.0 Å². The summed E-state index contributed by atoms with van der Waals surface area (Å²) >= 11 is 7.86.